The number of Topliss-reactive ketones (excluding diaryl/α,β-unsaturated/α-hetero) is 1. The molecule has 0 spiro atoms. The molecule has 0 saturated heterocycles. The van der Waals surface area contributed by atoms with E-state index in [0.29, 0.717) is 5.56 Å². The second kappa shape index (κ2) is 6.09. The summed E-state index contributed by atoms with van der Waals surface area (Å²) in [5.74, 6) is -1.09. The third kappa shape index (κ3) is 2.65. The topological polar surface area (TPSA) is 78.4 Å². The zero-order valence-corrected chi connectivity index (χ0v) is 14.2. The van der Waals surface area contributed by atoms with Gasteiger partial charge in [-0.25, -0.2) is 0 Å². The molecule has 0 radical (unpaired) electrons. The Balaban J connectivity index is 1.96. The lowest BCUT2D eigenvalue weighted by Crippen LogP contribution is -2.36. The SMILES string of the molecule is CNc1ccc(C(=O)CC2(O)C(=O)Nc3c(Cl)ccc(Cl)c32)cc1. The summed E-state index contributed by atoms with van der Waals surface area (Å²) in [5.41, 5.74) is -0.418. The van der Waals surface area contributed by atoms with Crippen molar-refractivity contribution in [3.8, 4) is 0 Å². The number of hydrogen-bond acceptors (Lipinski definition) is 4. The first kappa shape index (κ1) is 16.8. The minimum absolute atomic E-state index is 0.141. The van der Waals surface area contributed by atoms with Crippen molar-refractivity contribution in [2.24, 2.45) is 0 Å². The Morgan fingerprint density at radius 1 is 1.17 bits per heavy atom. The van der Waals surface area contributed by atoms with Crippen LogP contribution in [0.1, 0.15) is 22.3 Å². The number of rotatable bonds is 4. The van der Waals surface area contributed by atoms with E-state index in [1.54, 1.807) is 31.3 Å². The monoisotopic (exact) mass is 364 g/mol. The average Bonchev–Trinajstić information content (AvgIpc) is 2.83. The predicted octanol–water partition coefficient (Wildman–Crippen LogP) is 3.45. The van der Waals surface area contributed by atoms with Crippen molar-refractivity contribution in [2.45, 2.75) is 12.0 Å². The molecule has 1 heterocycles. The summed E-state index contributed by atoms with van der Waals surface area (Å²) in [6.45, 7) is 0. The van der Waals surface area contributed by atoms with Gasteiger partial charge in [0.05, 0.1) is 17.1 Å². The Bertz CT molecular complexity index is 836. The zero-order chi connectivity index (χ0) is 17.5. The van der Waals surface area contributed by atoms with E-state index in [1.807, 2.05) is 0 Å². The van der Waals surface area contributed by atoms with Crippen LogP contribution in [0.15, 0.2) is 36.4 Å². The van der Waals surface area contributed by atoms with E-state index >= 15 is 0 Å². The highest BCUT2D eigenvalue weighted by atomic mass is 35.5. The molecule has 1 aliphatic heterocycles. The van der Waals surface area contributed by atoms with Gasteiger partial charge in [0.15, 0.2) is 11.4 Å². The van der Waals surface area contributed by atoms with E-state index in [0.717, 1.165) is 5.69 Å². The van der Waals surface area contributed by atoms with Crippen LogP contribution in [0.25, 0.3) is 0 Å². The molecule has 1 aliphatic rings. The Hall–Kier alpha value is -2.08. The van der Waals surface area contributed by atoms with Crippen LogP contribution in [0.4, 0.5) is 11.4 Å². The molecule has 0 aromatic heterocycles. The number of carbonyl (C=O) groups excluding carboxylic acids is 2. The molecular formula is C17H14Cl2N2O3. The minimum Gasteiger partial charge on any atom is -0.388 e. The van der Waals surface area contributed by atoms with Crippen LogP contribution in [-0.2, 0) is 10.4 Å². The molecule has 124 valence electrons. The van der Waals surface area contributed by atoms with Gasteiger partial charge in [0.2, 0.25) is 0 Å². The standard InChI is InChI=1S/C17H14Cl2N2O3/c1-20-10-4-2-9(3-5-10)13(22)8-17(24)14-11(18)6-7-12(19)15(14)21-16(17)23/h2-7,20,24H,8H2,1H3,(H,21,23). The minimum atomic E-state index is -2.05. The zero-order valence-electron chi connectivity index (χ0n) is 12.7. The summed E-state index contributed by atoms with van der Waals surface area (Å²) in [6, 6.07) is 9.75. The average molecular weight is 365 g/mol. The molecule has 2 aromatic rings. The van der Waals surface area contributed by atoms with Gasteiger partial charge in [-0.15, -0.1) is 0 Å². The van der Waals surface area contributed by atoms with Crippen molar-refractivity contribution in [2.75, 3.05) is 17.7 Å². The first-order chi connectivity index (χ1) is 11.4. The second-order valence-electron chi connectivity index (χ2n) is 5.52. The van der Waals surface area contributed by atoms with Crippen LogP contribution in [0.3, 0.4) is 0 Å². The molecule has 24 heavy (non-hydrogen) atoms. The molecule has 2 aromatic carbocycles. The Morgan fingerprint density at radius 2 is 1.79 bits per heavy atom. The summed E-state index contributed by atoms with van der Waals surface area (Å²) in [5, 5.41) is 16.7. The van der Waals surface area contributed by atoms with E-state index in [4.69, 9.17) is 23.2 Å². The molecule has 0 bridgehead atoms. The number of anilines is 2. The number of ketones is 1. The van der Waals surface area contributed by atoms with Crippen LogP contribution >= 0.6 is 23.2 Å². The molecule has 1 atom stereocenters. The van der Waals surface area contributed by atoms with Gasteiger partial charge in [0, 0.05) is 28.9 Å². The van der Waals surface area contributed by atoms with Gasteiger partial charge in [-0.2, -0.15) is 0 Å². The second-order valence-corrected chi connectivity index (χ2v) is 6.34. The maximum absolute atomic E-state index is 12.5. The summed E-state index contributed by atoms with van der Waals surface area (Å²) >= 11 is 12.2. The third-order valence-electron chi connectivity index (χ3n) is 4.04. The third-order valence-corrected chi connectivity index (χ3v) is 4.67. The van der Waals surface area contributed by atoms with Crippen molar-refractivity contribution in [3.63, 3.8) is 0 Å². The van der Waals surface area contributed by atoms with Crippen molar-refractivity contribution < 1.29 is 14.7 Å². The van der Waals surface area contributed by atoms with Crippen LogP contribution in [-0.4, -0.2) is 23.8 Å². The van der Waals surface area contributed by atoms with E-state index in [9.17, 15) is 14.7 Å². The molecule has 1 unspecified atom stereocenters. The van der Waals surface area contributed by atoms with Crippen molar-refractivity contribution >= 4 is 46.3 Å². The molecule has 0 fully saturated rings. The van der Waals surface area contributed by atoms with Crippen molar-refractivity contribution in [3.05, 3.63) is 57.6 Å². The molecule has 3 N–H and O–H groups in total. The van der Waals surface area contributed by atoms with Gasteiger partial charge in [0.25, 0.3) is 5.91 Å². The lowest BCUT2D eigenvalue weighted by molar-refractivity contribution is -0.133. The van der Waals surface area contributed by atoms with Crippen LogP contribution < -0.4 is 10.6 Å². The molecular weight excluding hydrogens is 351 g/mol. The number of amides is 1. The first-order valence-electron chi connectivity index (χ1n) is 7.20. The molecule has 0 aliphatic carbocycles. The van der Waals surface area contributed by atoms with Gasteiger partial charge in [-0.3, -0.25) is 9.59 Å². The molecule has 0 saturated carbocycles. The molecule has 7 heteroatoms. The molecule has 3 rings (SSSR count). The maximum atomic E-state index is 12.5. The molecule has 5 nitrogen and oxygen atoms in total. The fourth-order valence-electron chi connectivity index (χ4n) is 2.73. The highest BCUT2D eigenvalue weighted by Gasteiger charge is 2.49. The fraction of sp³-hybridized carbons (Fsp3) is 0.176. The quantitative estimate of drug-likeness (QED) is 0.726. The van der Waals surface area contributed by atoms with Gasteiger partial charge in [-0.1, -0.05) is 23.2 Å². The van der Waals surface area contributed by atoms with Gasteiger partial charge in [-0.05, 0) is 36.4 Å². The Morgan fingerprint density at radius 3 is 2.42 bits per heavy atom. The van der Waals surface area contributed by atoms with Gasteiger partial charge >= 0.3 is 0 Å². The summed E-state index contributed by atoms with van der Waals surface area (Å²) < 4.78 is 0. The summed E-state index contributed by atoms with van der Waals surface area (Å²) in [6.07, 6.45) is -0.426. The fourth-order valence-corrected chi connectivity index (χ4v) is 3.25. The number of halogens is 2. The number of nitrogens with one attached hydrogen (secondary N) is 2. The van der Waals surface area contributed by atoms with Gasteiger partial charge in [0.1, 0.15) is 0 Å². The van der Waals surface area contributed by atoms with Crippen molar-refractivity contribution in [1.29, 1.82) is 0 Å². The molecule has 1 amide bonds. The normalized spacial score (nSPS) is 18.9. The number of aliphatic hydroxyl groups is 1. The van der Waals surface area contributed by atoms with E-state index in [2.05, 4.69) is 10.6 Å². The Kier molecular flexibility index (Phi) is 4.25. The smallest absolute Gasteiger partial charge is 0.261 e. The summed E-state index contributed by atoms with van der Waals surface area (Å²) in [4.78, 5) is 24.8. The Labute approximate surface area is 148 Å². The number of fused-ring (bicyclic) bond motifs is 1. The van der Waals surface area contributed by atoms with E-state index in [1.165, 1.54) is 12.1 Å². The maximum Gasteiger partial charge on any atom is 0.261 e. The lowest BCUT2D eigenvalue weighted by Gasteiger charge is -2.21. The first-order valence-corrected chi connectivity index (χ1v) is 7.95. The largest absolute Gasteiger partial charge is 0.388 e. The number of hydrogen-bond donors (Lipinski definition) is 3. The van der Waals surface area contributed by atoms with Crippen LogP contribution in [0.5, 0.6) is 0 Å². The van der Waals surface area contributed by atoms with Crippen LogP contribution in [0, 0.1) is 0 Å². The van der Waals surface area contributed by atoms with E-state index < -0.39 is 17.9 Å². The highest BCUT2D eigenvalue weighted by Crippen LogP contribution is 2.46. The van der Waals surface area contributed by atoms with E-state index in [-0.39, 0.29) is 27.1 Å². The summed E-state index contributed by atoms with van der Waals surface area (Å²) in [7, 11) is 1.77. The number of carbonyl (C=O) groups is 2. The van der Waals surface area contributed by atoms with Gasteiger partial charge < -0.3 is 15.7 Å². The predicted molar refractivity (Wildman–Crippen MR) is 93.9 cm³/mol. The van der Waals surface area contributed by atoms with Crippen LogP contribution in [0.2, 0.25) is 10.0 Å². The lowest BCUT2D eigenvalue weighted by atomic mass is 9.88. The number of benzene rings is 2. The highest BCUT2D eigenvalue weighted by molar-refractivity contribution is 6.38. The van der Waals surface area contributed by atoms with Crippen molar-refractivity contribution in [1.82, 2.24) is 0 Å².